The van der Waals surface area contributed by atoms with Gasteiger partial charge in [-0.2, -0.15) is 0 Å². The number of rotatable bonds is 4. The van der Waals surface area contributed by atoms with E-state index in [-0.39, 0.29) is 17.7 Å². The number of carboxylic acid groups (broad SMARTS) is 1. The fourth-order valence-corrected chi connectivity index (χ4v) is 2.02. The molecule has 0 amide bonds. The SMILES string of the molecule is O=C(O)c1c(F)cccc1Oc1nccn(C2CC2)c1=O. The normalized spacial score (nSPS) is 14.0. The second-order valence-electron chi connectivity index (χ2n) is 4.70. The van der Waals surface area contributed by atoms with Gasteiger partial charge in [0.25, 0.3) is 5.88 Å². The van der Waals surface area contributed by atoms with Crippen LogP contribution in [0.5, 0.6) is 11.6 Å². The van der Waals surface area contributed by atoms with Gasteiger partial charge in [-0.05, 0) is 25.0 Å². The fraction of sp³-hybridized carbons (Fsp3) is 0.214. The van der Waals surface area contributed by atoms with Gasteiger partial charge in [-0.25, -0.2) is 14.2 Å². The Labute approximate surface area is 118 Å². The van der Waals surface area contributed by atoms with Crippen LogP contribution < -0.4 is 10.3 Å². The largest absolute Gasteiger partial charge is 0.477 e. The molecule has 1 heterocycles. The van der Waals surface area contributed by atoms with E-state index in [9.17, 15) is 14.0 Å². The van der Waals surface area contributed by atoms with E-state index in [2.05, 4.69) is 4.98 Å². The van der Waals surface area contributed by atoms with E-state index in [0.717, 1.165) is 18.9 Å². The number of benzene rings is 1. The second kappa shape index (κ2) is 5.01. The lowest BCUT2D eigenvalue weighted by Gasteiger charge is -2.09. The topological polar surface area (TPSA) is 81.4 Å². The van der Waals surface area contributed by atoms with Gasteiger partial charge in [-0.1, -0.05) is 6.07 Å². The van der Waals surface area contributed by atoms with Crippen molar-refractivity contribution in [3.8, 4) is 11.6 Å². The van der Waals surface area contributed by atoms with Crippen LogP contribution in [0.15, 0.2) is 35.4 Å². The molecule has 0 radical (unpaired) electrons. The Bertz CT molecular complexity index is 768. The molecule has 1 aromatic carbocycles. The number of ether oxygens (including phenoxy) is 1. The first kappa shape index (κ1) is 13.3. The highest BCUT2D eigenvalue weighted by Crippen LogP contribution is 2.33. The maximum atomic E-state index is 13.6. The summed E-state index contributed by atoms with van der Waals surface area (Å²) in [6.07, 6.45) is 4.76. The fourth-order valence-electron chi connectivity index (χ4n) is 2.02. The van der Waals surface area contributed by atoms with E-state index in [1.54, 1.807) is 6.20 Å². The van der Waals surface area contributed by atoms with Gasteiger partial charge < -0.3 is 14.4 Å². The molecule has 3 rings (SSSR count). The Hall–Kier alpha value is -2.70. The van der Waals surface area contributed by atoms with Gasteiger partial charge >= 0.3 is 11.5 Å². The Balaban J connectivity index is 2.02. The zero-order valence-corrected chi connectivity index (χ0v) is 10.8. The molecule has 0 aliphatic heterocycles. The molecule has 1 aromatic heterocycles. The van der Waals surface area contributed by atoms with E-state index in [0.29, 0.717) is 0 Å². The van der Waals surface area contributed by atoms with Crippen molar-refractivity contribution in [2.45, 2.75) is 18.9 Å². The van der Waals surface area contributed by atoms with Crippen LogP contribution in [0, 0.1) is 5.82 Å². The van der Waals surface area contributed by atoms with Crippen molar-refractivity contribution in [3.05, 3.63) is 52.3 Å². The van der Waals surface area contributed by atoms with Crippen LogP contribution in [0.25, 0.3) is 0 Å². The Morgan fingerprint density at radius 1 is 1.43 bits per heavy atom. The lowest BCUT2D eigenvalue weighted by atomic mass is 10.2. The van der Waals surface area contributed by atoms with Crippen molar-refractivity contribution in [1.82, 2.24) is 9.55 Å². The van der Waals surface area contributed by atoms with Crippen LogP contribution in [0.2, 0.25) is 0 Å². The smallest absolute Gasteiger partial charge is 0.342 e. The van der Waals surface area contributed by atoms with E-state index in [4.69, 9.17) is 9.84 Å². The average Bonchev–Trinajstić information content (AvgIpc) is 3.25. The minimum absolute atomic E-state index is 0.134. The van der Waals surface area contributed by atoms with Crippen molar-refractivity contribution < 1.29 is 19.0 Å². The molecule has 1 aliphatic carbocycles. The number of halogens is 1. The first-order chi connectivity index (χ1) is 10.1. The van der Waals surface area contributed by atoms with Gasteiger partial charge in [0.2, 0.25) is 0 Å². The van der Waals surface area contributed by atoms with Crippen LogP contribution in [0.1, 0.15) is 29.2 Å². The summed E-state index contributed by atoms with van der Waals surface area (Å²) in [4.78, 5) is 27.0. The number of carbonyl (C=O) groups is 1. The third-order valence-corrected chi connectivity index (χ3v) is 3.17. The summed E-state index contributed by atoms with van der Waals surface area (Å²) in [5.41, 5.74) is -1.08. The molecular formula is C14H11FN2O4. The van der Waals surface area contributed by atoms with Gasteiger partial charge in [0.15, 0.2) is 0 Å². The Kier molecular flexibility index (Phi) is 3.17. The summed E-state index contributed by atoms with van der Waals surface area (Å²) in [7, 11) is 0. The summed E-state index contributed by atoms with van der Waals surface area (Å²) in [6.45, 7) is 0. The number of aromatic nitrogens is 2. The van der Waals surface area contributed by atoms with E-state index >= 15 is 0 Å². The molecule has 1 aliphatic rings. The van der Waals surface area contributed by atoms with Gasteiger partial charge in [0, 0.05) is 18.4 Å². The van der Waals surface area contributed by atoms with Crippen molar-refractivity contribution in [3.63, 3.8) is 0 Å². The van der Waals surface area contributed by atoms with Gasteiger partial charge in [0.1, 0.15) is 17.1 Å². The lowest BCUT2D eigenvalue weighted by molar-refractivity contribution is 0.0689. The zero-order valence-electron chi connectivity index (χ0n) is 10.8. The predicted octanol–water partition coefficient (Wildman–Crippen LogP) is 2.21. The standard InChI is InChI=1S/C14H11FN2O4/c15-9-2-1-3-10(11(9)14(19)20)21-12-13(18)17(7-6-16-12)8-4-5-8/h1-3,6-8H,4-5H2,(H,19,20). The molecule has 1 saturated carbocycles. The first-order valence-corrected chi connectivity index (χ1v) is 6.34. The third-order valence-electron chi connectivity index (χ3n) is 3.17. The molecule has 6 nitrogen and oxygen atoms in total. The lowest BCUT2D eigenvalue weighted by Crippen LogP contribution is -2.21. The molecule has 108 valence electrons. The van der Waals surface area contributed by atoms with Crippen LogP contribution >= 0.6 is 0 Å². The summed E-state index contributed by atoms with van der Waals surface area (Å²) in [5, 5.41) is 9.02. The van der Waals surface area contributed by atoms with Crippen molar-refractivity contribution in [2.24, 2.45) is 0 Å². The van der Waals surface area contributed by atoms with Crippen molar-refractivity contribution in [1.29, 1.82) is 0 Å². The van der Waals surface area contributed by atoms with Crippen LogP contribution in [0.4, 0.5) is 4.39 Å². The molecule has 21 heavy (non-hydrogen) atoms. The monoisotopic (exact) mass is 290 g/mol. The minimum Gasteiger partial charge on any atom is -0.477 e. The molecule has 0 atom stereocenters. The Morgan fingerprint density at radius 2 is 2.19 bits per heavy atom. The number of hydrogen-bond donors (Lipinski definition) is 1. The highest BCUT2D eigenvalue weighted by Gasteiger charge is 2.26. The molecule has 2 aromatic rings. The summed E-state index contributed by atoms with van der Waals surface area (Å²) in [6, 6.07) is 3.73. The number of carboxylic acids is 1. The van der Waals surface area contributed by atoms with Crippen molar-refractivity contribution >= 4 is 5.97 Å². The average molecular weight is 290 g/mol. The van der Waals surface area contributed by atoms with Gasteiger partial charge in [-0.3, -0.25) is 4.79 Å². The molecule has 1 N–H and O–H groups in total. The molecule has 0 unspecified atom stereocenters. The highest BCUT2D eigenvalue weighted by molar-refractivity contribution is 5.91. The van der Waals surface area contributed by atoms with Crippen LogP contribution in [-0.4, -0.2) is 20.6 Å². The second-order valence-corrected chi connectivity index (χ2v) is 4.70. The minimum atomic E-state index is -1.47. The van der Waals surface area contributed by atoms with Crippen LogP contribution in [0.3, 0.4) is 0 Å². The van der Waals surface area contributed by atoms with E-state index in [1.807, 2.05) is 0 Å². The molecule has 1 fully saturated rings. The predicted molar refractivity (Wildman–Crippen MR) is 70.2 cm³/mol. The molecule has 0 saturated heterocycles. The van der Waals surface area contributed by atoms with Crippen molar-refractivity contribution in [2.75, 3.05) is 0 Å². The number of nitrogens with zero attached hydrogens (tertiary/aromatic N) is 2. The van der Waals surface area contributed by atoms with E-state index < -0.39 is 22.9 Å². The third kappa shape index (κ3) is 2.49. The Morgan fingerprint density at radius 3 is 2.86 bits per heavy atom. The maximum Gasteiger partial charge on any atom is 0.342 e. The van der Waals surface area contributed by atoms with Gasteiger partial charge in [-0.15, -0.1) is 0 Å². The summed E-state index contributed by atoms with van der Waals surface area (Å²) < 4.78 is 20.3. The molecule has 7 heteroatoms. The highest BCUT2D eigenvalue weighted by atomic mass is 19.1. The summed E-state index contributed by atoms with van der Waals surface area (Å²) >= 11 is 0. The van der Waals surface area contributed by atoms with Gasteiger partial charge in [0.05, 0.1) is 0 Å². The molecule has 0 spiro atoms. The quantitative estimate of drug-likeness (QED) is 0.933. The molecule has 0 bridgehead atoms. The van der Waals surface area contributed by atoms with E-state index in [1.165, 1.54) is 22.9 Å². The number of hydrogen-bond acceptors (Lipinski definition) is 4. The first-order valence-electron chi connectivity index (χ1n) is 6.34. The zero-order chi connectivity index (χ0) is 15.0. The summed E-state index contributed by atoms with van der Waals surface area (Å²) in [5.74, 6) is -2.92. The number of aromatic carboxylic acids is 1. The molecular weight excluding hydrogens is 279 g/mol. The van der Waals surface area contributed by atoms with Crippen LogP contribution in [-0.2, 0) is 0 Å². The maximum absolute atomic E-state index is 13.6.